The predicted molar refractivity (Wildman–Crippen MR) is 91.1 cm³/mol. The Morgan fingerprint density at radius 3 is 2.78 bits per heavy atom. The molecule has 0 amide bonds. The molecule has 0 fully saturated rings. The minimum atomic E-state index is -0.814. The fourth-order valence-corrected chi connectivity index (χ4v) is 4.09. The molecule has 2 aliphatic rings. The van der Waals surface area contributed by atoms with Gasteiger partial charge in [0, 0.05) is 18.1 Å². The van der Waals surface area contributed by atoms with E-state index in [-0.39, 0.29) is 6.42 Å². The minimum absolute atomic E-state index is 0.0271. The first kappa shape index (κ1) is 14.7. The molecular formula is C19H18ClNO2. The third-order valence-corrected chi connectivity index (χ3v) is 5.15. The van der Waals surface area contributed by atoms with Crippen LogP contribution in [0.5, 0.6) is 0 Å². The van der Waals surface area contributed by atoms with Crippen LogP contribution in [-0.4, -0.2) is 29.6 Å². The van der Waals surface area contributed by atoms with Crippen LogP contribution in [0, 0.1) is 0 Å². The molecule has 3 nitrogen and oxygen atoms in total. The summed E-state index contributed by atoms with van der Waals surface area (Å²) < 4.78 is 0. The van der Waals surface area contributed by atoms with Gasteiger partial charge in [0.05, 0.1) is 6.42 Å². The van der Waals surface area contributed by atoms with Crippen LogP contribution in [0.3, 0.4) is 0 Å². The van der Waals surface area contributed by atoms with Crippen molar-refractivity contribution in [3.8, 4) is 11.1 Å². The zero-order valence-electron chi connectivity index (χ0n) is 13.0. The highest BCUT2D eigenvalue weighted by molar-refractivity contribution is 6.31. The highest BCUT2D eigenvalue weighted by Gasteiger charge is 2.25. The summed E-state index contributed by atoms with van der Waals surface area (Å²) in [5.41, 5.74) is 8.42. The lowest BCUT2D eigenvalue weighted by molar-refractivity contribution is -0.136. The van der Waals surface area contributed by atoms with Crippen LogP contribution in [0.1, 0.15) is 27.8 Å². The van der Waals surface area contributed by atoms with E-state index in [9.17, 15) is 4.79 Å². The Labute approximate surface area is 140 Å². The Balaban J connectivity index is 1.84. The van der Waals surface area contributed by atoms with Crippen LogP contribution in [0.15, 0.2) is 24.3 Å². The van der Waals surface area contributed by atoms with E-state index in [0.717, 1.165) is 42.6 Å². The van der Waals surface area contributed by atoms with E-state index < -0.39 is 5.97 Å². The zero-order chi connectivity index (χ0) is 16.1. The van der Waals surface area contributed by atoms with Gasteiger partial charge in [-0.05, 0) is 71.0 Å². The Hall–Kier alpha value is -1.84. The largest absolute Gasteiger partial charge is 0.481 e. The summed E-state index contributed by atoms with van der Waals surface area (Å²) in [6.07, 6.45) is 1.90. The molecule has 1 N–H and O–H groups in total. The van der Waals surface area contributed by atoms with Crippen molar-refractivity contribution in [2.75, 3.05) is 13.6 Å². The Morgan fingerprint density at radius 2 is 2.00 bits per heavy atom. The van der Waals surface area contributed by atoms with E-state index in [1.54, 1.807) is 6.07 Å². The maximum absolute atomic E-state index is 11.1. The summed E-state index contributed by atoms with van der Waals surface area (Å²) in [5.74, 6) is -0.814. The van der Waals surface area contributed by atoms with Crippen molar-refractivity contribution < 1.29 is 9.90 Å². The van der Waals surface area contributed by atoms with Crippen molar-refractivity contribution in [2.45, 2.75) is 25.8 Å². The van der Waals surface area contributed by atoms with Gasteiger partial charge >= 0.3 is 5.97 Å². The standard InChI is InChI=1S/C19H18ClNO2/c1-21-3-2-11-6-16-12(4-14(11)10-21)7-17-13(8-19(22)23)5-15(20)9-18(16)17/h4-6,9H,2-3,7-8,10H2,1H3,(H,22,23). The van der Waals surface area contributed by atoms with E-state index in [0.29, 0.717) is 5.02 Å². The first-order valence-electron chi connectivity index (χ1n) is 7.88. The van der Waals surface area contributed by atoms with Crippen molar-refractivity contribution in [1.29, 1.82) is 0 Å². The summed E-state index contributed by atoms with van der Waals surface area (Å²) in [6, 6.07) is 8.38. The molecule has 0 spiro atoms. The average Bonchev–Trinajstić information content (AvgIpc) is 2.82. The van der Waals surface area contributed by atoms with Gasteiger partial charge in [0.15, 0.2) is 0 Å². The molecular weight excluding hydrogens is 310 g/mol. The number of aliphatic carboxylic acids is 1. The fraction of sp³-hybridized carbons (Fsp3) is 0.316. The number of hydrogen-bond acceptors (Lipinski definition) is 2. The van der Waals surface area contributed by atoms with Crippen LogP contribution < -0.4 is 0 Å². The molecule has 0 radical (unpaired) electrons. The topological polar surface area (TPSA) is 40.5 Å². The smallest absolute Gasteiger partial charge is 0.307 e. The minimum Gasteiger partial charge on any atom is -0.481 e. The number of carboxylic acid groups (broad SMARTS) is 1. The number of likely N-dealkylation sites (N-methyl/N-ethyl adjacent to an activating group) is 1. The van der Waals surface area contributed by atoms with Gasteiger partial charge in [-0.15, -0.1) is 0 Å². The number of benzene rings is 2. The molecule has 4 rings (SSSR count). The summed E-state index contributed by atoms with van der Waals surface area (Å²) in [6.45, 7) is 2.07. The third kappa shape index (κ3) is 2.54. The molecule has 118 valence electrons. The van der Waals surface area contributed by atoms with Crippen molar-refractivity contribution >= 4 is 17.6 Å². The number of carboxylic acids is 1. The Morgan fingerprint density at radius 1 is 1.17 bits per heavy atom. The van der Waals surface area contributed by atoms with Gasteiger partial charge in [-0.25, -0.2) is 0 Å². The molecule has 1 heterocycles. The first-order chi connectivity index (χ1) is 11.0. The fourth-order valence-electron chi connectivity index (χ4n) is 3.85. The van der Waals surface area contributed by atoms with Crippen molar-refractivity contribution in [1.82, 2.24) is 4.90 Å². The number of nitrogens with zero attached hydrogens (tertiary/aromatic N) is 1. The van der Waals surface area contributed by atoms with Crippen LogP contribution in [0.4, 0.5) is 0 Å². The number of carbonyl (C=O) groups is 1. The van der Waals surface area contributed by atoms with E-state index >= 15 is 0 Å². The molecule has 0 atom stereocenters. The second-order valence-electron chi connectivity index (χ2n) is 6.60. The van der Waals surface area contributed by atoms with Gasteiger partial charge in [0.25, 0.3) is 0 Å². The zero-order valence-corrected chi connectivity index (χ0v) is 13.8. The SMILES string of the molecule is CN1CCc2cc3c(cc2C1)Cc1c(CC(=O)O)cc(Cl)cc1-3. The molecule has 0 saturated heterocycles. The molecule has 2 aromatic carbocycles. The molecule has 1 aliphatic heterocycles. The molecule has 0 saturated carbocycles. The van der Waals surface area contributed by atoms with Gasteiger partial charge in [0.1, 0.15) is 0 Å². The van der Waals surface area contributed by atoms with Crippen LogP contribution >= 0.6 is 11.6 Å². The molecule has 23 heavy (non-hydrogen) atoms. The molecule has 1 aliphatic carbocycles. The van der Waals surface area contributed by atoms with Gasteiger partial charge < -0.3 is 10.0 Å². The molecule has 4 heteroatoms. The summed E-state index contributed by atoms with van der Waals surface area (Å²) in [7, 11) is 2.15. The van der Waals surface area contributed by atoms with E-state index in [1.807, 2.05) is 6.07 Å². The van der Waals surface area contributed by atoms with Crippen LogP contribution in [0.2, 0.25) is 5.02 Å². The highest BCUT2D eigenvalue weighted by atomic mass is 35.5. The maximum atomic E-state index is 11.1. The number of rotatable bonds is 2. The van der Waals surface area contributed by atoms with Crippen molar-refractivity contribution in [2.24, 2.45) is 0 Å². The van der Waals surface area contributed by atoms with Crippen molar-refractivity contribution in [3.05, 3.63) is 57.1 Å². The summed E-state index contributed by atoms with van der Waals surface area (Å²) in [4.78, 5) is 13.5. The predicted octanol–water partition coefficient (Wildman–Crippen LogP) is 3.53. The third-order valence-electron chi connectivity index (χ3n) is 4.93. The van der Waals surface area contributed by atoms with Gasteiger partial charge in [-0.3, -0.25) is 4.79 Å². The van der Waals surface area contributed by atoms with Gasteiger partial charge in [0.2, 0.25) is 0 Å². The number of halogens is 1. The average molecular weight is 328 g/mol. The summed E-state index contributed by atoms with van der Waals surface area (Å²) in [5, 5.41) is 9.78. The number of fused-ring (bicyclic) bond motifs is 4. The molecule has 0 aromatic heterocycles. The molecule has 2 aromatic rings. The summed E-state index contributed by atoms with van der Waals surface area (Å²) >= 11 is 6.24. The first-order valence-corrected chi connectivity index (χ1v) is 8.26. The van der Waals surface area contributed by atoms with E-state index in [1.165, 1.54) is 22.3 Å². The lowest BCUT2D eigenvalue weighted by Crippen LogP contribution is -2.26. The van der Waals surface area contributed by atoms with Gasteiger partial charge in [-0.1, -0.05) is 23.7 Å². The van der Waals surface area contributed by atoms with E-state index in [2.05, 4.69) is 24.1 Å². The van der Waals surface area contributed by atoms with Crippen LogP contribution in [-0.2, 0) is 30.6 Å². The molecule has 0 unspecified atom stereocenters. The van der Waals surface area contributed by atoms with Crippen molar-refractivity contribution in [3.63, 3.8) is 0 Å². The second-order valence-corrected chi connectivity index (χ2v) is 7.04. The molecule has 0 bridgehead atoms. The van der Waals surface area contributed by atoms with Crippen LogP contribution in [0.25, 0.3) is 11.1 Å². The highest BCUT2D eigenvalue weighted by Crippen LogP contribution is 2.42. The lowest BCUT2D eigenvalue weighted by atomic mass is 9.93. The monoisotopic (exact) mass is 327 g/mol. The van der Waals surface area contributed by atoms with E-state index in [4.69, 9.17) is 16.7 Å². The number of hydrogen-bond donors (Lipinski definition) is 1. The Bertz CT molecular complexity index is 829. The quantitative estimate of drug-likeness (QED) is 0.783. The second kappa shape index (κ2) is 5.36. The lowest BCUT2D eigenvalue weighted by Gasteiger charge is -2.25. The Kier molecular flexibility index (Phi) is 3.43. The normalized spacial score (nSPS) is 15.9. The van der Waals surface area contributed by atoms with Gasteiger partial charge in [-0.2, -0.15) is 0 Å². The maximum Gasteiger partial charge on any atom is 0.307 e.